The third kappa shape index (κ3) is 4.10. The summed E-state index contributed by atoms with van der Waals surface area (Å²) in [5, 5.41) is 0. The van der Waals surface area contributed by atoms with Crippen molar-refractivity contribution in [2.45, 2.75) is 58.4 Å². The lowest BCUT2D eigenvalue weighted by Gasteiger charge is -2.26. The molecule has 1 aromatic rings. The second-order valence-corrected chi connectivity index (χ2v) is 6.25. The number of pyridine rings is 1. The Morgan fingerprint density at radius 2 is 2.11 bits per heavy atom. The van der Waals surface area contributed by atoms with Crippen molar-refractivity contribution in [1.82, 2.24) is 4.98 Å². The summed E-state index contributed by atoms with van der Waals surface area (Å²) in [4.78, 5) is 7.34. The number of alkyl halides is 1. The Labute approximate surface area is 122 Å². The lowest BCUT2D eigenvalue weighted by Crippen LogP contribution is -2.30. The van der Waals surface area contributed by atoms with E-state index in [0.29, 0.717) is 17.8 Å². The fourth-order valence-corrected chi connectivity index (χ4v) is 2.61. The molecule has 3 heteroatoms. The zero-order valence-electron chi connectivity index (χ0n) is 12.3. The first-order chi connectivity index (χ1) is 9.13. The van der Waals surface area contributed by atoms with Crippen LogP contribution < -0.4 is 4.90 Å². The molecular weight excluding hydrogens is 256 g/mol. The minimum Gasteiger partial charge on any atom is -0.353 e. The molecule has 0 radical (unpaired) electrons. The van der Waals surface area contributed by atoms with Crippen LogP contribution in [0.25, 0.3) is 0 Å². The van der Waals surface area contributed by atoms with E-state index >= 15 is 0 Å². The zero-order valence-corrected chi connectivity index (χ0v) is 13.1. The third-order valence-corrected chi connectivity index (χ3v) is 3.74. The van der Waals surface area contributed by atoms with E-state index in [0.717, 1.165) is 25.2 Å². The maximum atomic E-state index is 6.03. The van der Waals surface area contributed by atoms with Crippen LogP contribution in [0.4, 0.5) is 5.82 Å². The molecule has 0 N–H and O–H groups in total. The molecule has 0 spiro atoms. The lowest BCUT2D eigenvalue weighted by atomic mass is 10.1. The molecule has 0 amide bonds. The van der Waals surface area contributed by atoms with Crippen molar-refractivity contribution in [2.75, 3.05) is 11.4 Å². The summed E-state index contributed by atoms with van der Waals surface area (Å²) in [7, 11) is 0. The van der Waals surface area contributed by atoms with E-state index in [-0.39, 0.29) is 0 Å². The number of anilines is 1. The predicted octanol–water partition coefficient (Wildman–Crippen LogP) is 4.40. The summed E-state index contributed by atoms with van der Waals surface area (Å²) < 4.78 is 0. The van der Waals surface area contributed by atoms with Gasteiger partial charge in [-0.3, -0.25) is 0 Å². The van der Waals surface area contributed by atoms with Gasteiger partial charge in [-0.25, -0.2) is 4.98 Å². The van der Waals surface area contributed by atoms with Crippen LogP contribution in [-0.2, 0) is 12.3 Å². The fraction of sp³-hybridized carbons (Fsp3) is 0.688. The molecular formula is C16H25ClN2. The van der Waals surface area contributed by atoms with E-state index in [4.69, 9.17) is 16.6 Å². The monoisotopic (exact) mass is 280 g/mol. The van der Waals surface area contributed by atoms with E-state index in [1.54, 1.807) is 0 Å². The summed E-state index contributed by atoms with van der Waals surface area (Å²) in [5.74, 6) is 2.38. The number of nitrogens with zero attached hydrogens (tertiary/aromatic N) is 2. The summed E-state index contributed by atoms with van der Waals surface area (Å²) in [6, 6.07) is 5.03. The number of rotatable bonds is 7. The maximum absolute atomic E-state index is 6.03. The number of aryl methyl sites for hydroxylation is 1. The van der Waals surface area contributed by atoms with Gasteiger partial charge in [0.2, 0.25) is 0 Å². The second kappa shape index (κ2) is 6.60. The van der Waals surface area contributed by atoms with Crippen LogP contribution in [0, 0.1) is 5.92 Å². The Morgan fingerprint density at radius 3 is 2.63 bits per heavy atom. The van der Waals surface area contributed by atoms with Crippen LogP contribution in [0.15, 0.2) is 12.1 Å². The predicted molar refractivity (Wildman–Crippen MR) is 83.0 cm³/mol. The number of hydrogen-bond donors (Lipinski definition) is 0. The molecule has 2 rings (SSSR count). The average molecular weight is 281 g/mol. The molecule has 1 aliphatic carbocycles. The van der Waals surface area contributed by atoms with E-state index in [1.807, 2.05) is 0 Å². The van der Waals surface area contributed by atoms with Crippen molar-refractivity contribution in [3.05, 3.63) is 23.4 Å². The Kier molecular flexibility index (Phi) is 5.09. The Hall–Kier alpha value is -0.760. The van der Waals surface area contributed by atoms with Crippen molar-refractivity contribution >= 4 is 17.4 Å². The molecule has 1 aromatic heterocycles. The number of aromatic nitrogens is 1. The van der Waals surface area contributed by atoms with Gasteiger partial charge in [-0.2, -0.15) is 0 Å². The largest absolute Gasteiger partial charge is 0.353 e. The highest BCUT2D eigenvalue weighted by Gasteiger charge is 2.30. The molecule has 0 aromatic carbocycles. The van der Waals surface area contributed by atoms with Gasteiger partial charge >= 0.3 is 0 Å². The van der Waals surface area contributed by atoms with Crippen molar-refractivity contribution < 1.29 is 0 Å². The minimum atomic E-state index is 0.576. The average Bonchev–Trinajstić information content (AvgIpc) is 3.20. The highest BCUT2D eigenvalue weighted by Crippen LogP contribution is 2.32. The molecule has 19 heavy (non-hydrogen) atoms. The molecule has 106 valence electrons. The summed E-state index contributed by atoms with van der Waals surface area (Å²) >= 11 is 6.03. The summed E-state index contributed by atoms with van der Waals surface area (Å²) in [6.45, 7) is 7.83. The first kappa shape index (κ1) is 14.6. The summed E-state index contributed by atoms with van der Waals surface area (Å²) in [5.41, 5.74) is 2.38. The normalized spacial score (nSPS) is 15.0. The van der Waals surface area contributed by atoms with Crippen LogP contribution in [0.1, 0.15) is 51.3 Å². The van der Waals surface area contributed by atoms with Crippen LogP contribution in [0.2, 0.25) is 0 Å². The van der Waals surface area contributed by atoms with Crippen LogP contribution >= 0.6 is 11.6 Å². The standard InChI is InChI=1S/C16H25ClN2/c1-4-5-14-8-13(10-17)9-16(18-14)19(11-12(2)3)15-6-7-15/h8-9,12,15H,4-7,10-11H2,1-3H3. The molecule has 0 saturated heterocycles. The van der Waals surface area contributed by atoms with Gasteiger partial charge in [0.15, 0.2) is 0 Å². The van der Waals surface area contributed by atoms with Gasteiger partial charge in [0.05, 0.1) is 0 Å². The van der Waals surface area contributed by atoms with E-state index < -0.39 is 0 Å². The van der Waals surface area contributed by atoms with Crippen LogP contribution in [-0.4, -0.2) is 17.6 Å². The van der Waals surface area contributed by atoms with Gasteiger partial charge in [-0.05, 0) is 42.9 Å². The van der Waals surface area contributed by atoms with Crippen molar-refractivity contribution in [3.63, 3.8) is 0 Å². The van der Waals surface area contributed by atoms with Crippen molar-refractivity contribution in [2.24, 2.45) is 5.92 Å². The Balaban J connectivity index is 2.26. The van der Waals surface area contributed by atoms with Crippen LogP contribution in [0.3, 0.4) is 0 Å². The Morgan fingerprint density at radius 1 is 1.37 bits per heavy atom. The van der Waals surface area contributed by atoms with E-state index in [2.05, 4.69) is 37.8 Å². The molecule has 1 saturated carbocycles. The third-order valence-electron chi connectivity index (χ3n) is 3.43. The maximum Gasteiger partial charge on any atom is 0.129 e. The SMILES string of the molecule is CCCc1cc(CCl)cc(N(CC(C)C)C2CC2)n1. The highest BCUT2D eigenvalue weighted by molar-refractivity contribution is 6.17. The van der Waals surface area contributed by atoms with Gasteiger partial charge < -0.3 is 4.90 Å². The molecule has 1 fully saturated rings. The number of halogens is 1. The van der Waals surface area contributed by atoms with Crippen LogP contribution in [0.5, 0.6) is 0 Å². The quantitative estimate of drug-likeness (QED) is 0.688. The van der Waals surface area contributed by atoms with E-state index in [1.165, 1.54) is 24.1 Å². The topological polar surface area (TPSA) is 16.1 Å². The van der Waals surface area contributed by atoms with Gasteiger partial charge in [0.1, 0.15) is 5.82 Å². The molecule has 1 heterocycles. The highest BCUT2D eigenvalue weighted by atomic mass is 35.5. The fourth-order valence-electron chi connectivity index (χ4n) is 2.45. The first-order valence-electron chi connectivity index (χ1n) is 7.46. The second-order valence-electron chi connectivity index (χ2n) is 5.99. The molecule has 2 nitrogen and oxygen atoms in total. The summed E-state index contributed by atoms with van der Waals surface area (Å²) in [6.07, 6.45) is 4.79. The molecule has 0 atom stereocenters. The van der Waals surface area contributed by atoms with Gasteiger partial charge in [-0.15, -0.1) is 11.6 Å². The molecule has 0 unspecified atom stereocenters. The van der Waals surface area contributed by atoms with Gasteiger partial charge in [0, 0.05) is 24.2 Å². The lowest BCUT2D eigenvalue weighted by molar-refractivity contribution is 0.601. The number of hydrogen-bond acceptors (Lipinski definition) is 2. The molecule has 0 aliphatic heterocycles. The first-order valence-corrected chi connectivity index (χ1v) is 8.00. The Bertz CT molecular complexity index is 413. The molecule has 0 bridgehead atoms. The van der Waals surface area contributed by atoms with E-state index in [9.17, 15) is 0 Å². The van der Waals surface area contributed by atoms with Gasteiger partial charge in [0.25, 0.3) is 0 Å². The minimum absolute atomic E-state index is 0.576. The van der Waals surface area contributed by atoms with Crippen molar-refractivity contribution in [1.29, 1.82) is 0 Å². The van der Waals surface area contributed by atoms with Gasteiger partial charge in [-0.1, -0.05) is 27.2 Å². The smallest absolute Gasteiger partial charge is 0.129 e. The van der Waals surface area contributed by atoms with Crippen molar-refractivity contribution in [3.8, 4) is 0 Å². The zero-order chi connectivity index (χ0) is 13.8. The molecule has 1 aliphatic rings.